The molecule has 1 amide bonds. The Kier molecular flexibility index (Phi) is 5.07. The van der Waals surface area contributed by atoms with E-state index in [9.17, 15) is 4.79 Å². The van der Waals surface area contributed by atoms with Gasteiger partial charge in [-0.2, -0.15) is 0 Å². The Morgan fingerprint density at radius 3 is 2.69 bits per heavy atom. The minimum atomic E-state index is 0.266. The molecule has 1 saturated carbocycles. The van der Waals surface area contributed by atoms with Crippen molar-refractivity contribution in [1.29, 1.82) is 0 Å². The van der Waals surface area contributed by atoms with Crippen molar-refractivity contribution in [3.63, 3.8) is 0 Å². The average molecular weight is 352 g/mol. The first-order valence-electron chi connectivity index (χ1n) is 9.81. The Bertz CT molecular complexity index is 737. The lowest BCUT2D eigenvalue weighted by atomic mass is 10.1. The Balaban J connectivity index is 1.46. The van der Waals surface area contributed by atoms with Crippen LogP contribution in [-0.4, -0.2) is 44.4 Å². The summed E-state index contributed by atoms with van der Waals surface area (Å²) in [5, 5.41) is 0. The highest BCUT2D eigenvalue weighted by molar-refractivity contribution is 5.77. The fourth-order valence-corrected chi connectivity index (χ4v) is 3.94. The Morgan fingerprint density at radius 2 is 1.96 bits per heavy atom. The number of carbonyl (C=O) groups is 1. The van der Waals surface area contributed by atoms with Crippen molar-refractivity contribution >= 4 is 5.91 Å². The second-order valence-corrected chi connectivity index (χ2v) is 7.58. The molecule has 138 valence electrons. The molecule has 4 rings (SSSR count). The van der Waals surface area contributed by atoms with Gasteiger partial charge < -0.3 is 9.47 Å². The molecular weight excluding hydrogens is 324 g/mol. The number of aromatic nitrogens is 2. The first kappa shape index (κ1) is 17.3. The molecule has 1 saturated heterocycles. The zero-order chi connectivity index (χ0) is 17.9. The van der Waals surface area contributed by atoms with E-state index in [2.05, 4.69) is 38.4 Å². The minimum Gasteiger partial charge on any atom is -0.334 e. The second kappa shape index (κ2) is 7.62. The number of amides is 1. The molecule has 0 spiro atoms. The summed E-state index contributed by atoms with van der Waals surface area (Å²) in [6, 6.07) is 11.2. The highest BCUT2D eigenvalue weighted by Gasteiger charge is 2.30. The van der Waals surface area contributed by atoms with E-state index in [1.54, 1.807) is 0 Å². The zero-order valence-electron chi connectivity index (χ0n) is 15.6. The number of benzene rings is 1. The summed E-state index contributed by atoms with van der Waals surface area (Å²) in [7, 11) is 0. The lowest BCUT2D eigenvalue weighted by Gasteiger charge is -2.31. The average Bonchev–Trinajstić information content (AvgIpc) is 3.43. The van der Waals surface area contributed by atoms with Crippen molar-refractivity contribution < 1.29 is 4.79 Å². The summed E-state index contributed by atoms with van der Waals surface area (Å²) >= 11 is 0. The maximum absolute atomic E-state index is 12.8. The van der Waals surface area contributed by atoms with Crippen LogP contribution in [-0.2, 0) is 17.9 Å². The predicted octanol–water partition coefficient (Wildman–Crippen LogP) is 3.23. The molecule has 5 nitrogen and oxygen atoms in total. The van der Waals surface area contributed by atoms with E-state index in [-0.39, 0.29) is 11.9 Å². The monoisotopic (exact) mass is 352 g/mol. The first-order valence-corrected chi connectivity index (χ1v) is 9.81. The van der Waals surface area contributed by atoms with E-state index in [0.717, 1.165) is 26.1 Å². The van der Waals surface area contributed by atoms with Gasteiger partial charge in [-0.3, -0.25) is 9.69 Å². The summed E-state index contributed by atoms with van der Waals surface area (Å²) in [6.45, 7) is 5.56. The third-order valence-corrected chi connectivity index (χ3v) is 5.61. The van der Waals surface area contributed by atoms with Crippen molar-refractivity contribution in [2.45, 2.75) is 57.8 Å². The van der Waals surface area contributed by atoms with Crippen molar-refractivity contribution in [3.8, 4) is 0 Å². The molecule has 2 aliphatic rings. The first-order chi connectivity index (χ1) is 12.7. The maximum Gasteiger partial charge on any atom is 0.224 e. The highest BCUT2D eigenvalue weighted by atomic mass is 16.2. The van der Waals surface area contributed by atoms with Crippen molar-refractivity contribution in [3.05, 3.63) is 54.1 Å². The van der Waals surface area contributed by atoms with Crippen LogP contribution in [0.5, 0.6) is 0 Å². The van der Waals surface area contributed by atoms with Crippen LogP contribution < -0.4 is 0 Å². The van der Waals surface area contributed by atoms with Crippen molar-refractivity contribution in [1.82, 2.24) is 19.4 Å². The predicted molar refractivity (Wildman–Crippen MR) is 101 cm³/mol. The fraction of sp³-hybridized carbons (Fsp3) is 0.524. The number of rotatable bonds is 6. The quantitative estimate of drug-likeness (QED) is 0.801. The number of carbonyl (C=O) groups excluding carboxylic acids is 1. The summed E-state index contributed by atoms with van der Waals surface area (Å²) < 4.78 is 2.33. The van der Waals surface area contributed by atoms with E-state index in [4.69, 9.17) is 0 Å². The Morgan fingerprint density at radius 1 is 1.15 bits per heavy atom. The molecule has 0 unspecified atom stereocenters. The smallest absolute Gasteiger partial charge is 0.224 e. The van der Waals surface area contributed by atoms with E-state index >= 15 is 0 Å². The standard InChI is InChI=1S/C21H28N4O/c1-2-18-14-23(15-20-12-22-16-25(20)19-8-9-19)11-10-21(26)24(18)13-17-6-4-3-5-7-17/h3-7,12,16,18-19H,2,8-11,13-15H2,1H3/t18-/m0/s1. The summed E-state index contributed by atoms with van der Waals surface area (Å²) in [5.41, 5.74) is 2.49. The Labute approximate surface area is 155 Å². The van der Waals surface area contributed by atoms with Crippen molar-refractivity contribution in [2.75, 3.05) is 13.1 Å². The minimum absolute atomic E-state index is 0.266. The van der Waals surface area contributed by atoms with Crippen LogP contribution >= 0.6 is 0 Å². The molecule has 1 aromatic heterocycles. The topological polar surface area (TPSA) is 41.4 Å². The van der Waals surface area contributed by atoms with Crippen LogP contribution in [0.4, 0.5) is 0 Å². The molecule has 1 aromatic carbocycles. The number of hydrogen-bond donors (Lipinski definition) is 0. The summed E-state index contributed by atoms with van der Waals surface area (Å²) in [6.07, 6.45) is 8.08. The molecule has 0 radical (unpaired) electrons. The third kappa shape index (κ3) is 3.83. The lowest BCUT2D eigenvalue weighted by Crippen LogP contribution is -2.42. The molecular formula is C21H28N4O. The summed E-state index contributed by atoms with van der Waals surface area (Å²) in [5.74, 6) is 0.277. The van der Waals surface area contributed by atoms with E-state index in [1.165, 1.54) is 24.1 Å². The molecule has 1 atom stereocenters. The van der Waals surface area contributed by atoms with Crippen LogP contribution in [0, 0.1) is 0 Å². The molecule has 1 aliphatic heterocycles. The normalized spacial score (nSPS) is 21.8. The van der Waals surface area contributed by atoms with Gasteiger partial charge in [-0.1, -0.05) is 37.3 Å². The summed E-state index contributed by atoms with van der Waals surface area (Å²) in [4.78, 5) is 21.7. The highest BCUT2D eigenvalue weighted by Crippen LogP contribution is 2.36. The largest absolute Gasteiger partial charge is 0.334 e. The van der Waals surface area contributed by atoms with Crippen LogP contribution in [0.25, 0.3) is 0 Å². The van der Waals surface area contributed by atoms with Crippen molar-refractivity contribution in [2.24, 2.45) is 0 Å². The lowest BCUT2D eigenvalue weighted by molar-refractivity contribution is -0.133. The molecule has 2 heterocycles. The van der Waals surface area contributed by atoms with E-state index < -0.39 is 0 Å². The Hall–Kier alpha value is -2.14. The van der Waals surface area contributed by atoms with Gasteiger partial charge in [0.2, 0.25) is 5.91 Å². The SMILES string of the molecule is CC[C@H]1CN(Cc2cncn2C2CC2)CCC(=O)N1Cc1ccccc1. The van der Waals surface area contributed by atoms with E-state index in [0.29, 0.717) is 19.0 Å². The van der Waals surface area contributed by atoms with Gasteiger partial charge in [0.1, 0.15) is 0 Å². The van der Waals surface area contributed by atoms with Gasteiger partial charge in [0, 0.05) is 50.9 Å². The van der Waals surface area contributed by atoms with Gasteiger partial charge in [0.25, 0.3) is 0 Å². The second-order valence-electron chi connectivity index (χ2n) is 7.58. The zero-order valence-corrected chi connectivity index (χ0v) is 15.6. The molecule has 5 heteroatoms. The van der Waals surface area contributed by atoms with Crippen LogP contribution in [0.1, 0.15) is 49.9 Å². The van der Waals surface area contributed by atoms with Gasteiger partial charge in [0.05, 0.1) is 12.0 Å². The fourth-order valence-electron chi connectivity index (χ4n) is 3.94. The van der Waals surface area contributed by atoms with Gasteiger partial charge in [-0.25, -0.2) is 4.98 Å². The van der Waals surface area contributed by atoms with E-state index in [1.807, 2.05) is 30.7 Å². The molecule has 2 aromatic rings. The third-order valence-electron chi connectivity index (χ3n) is 5.61. The maximum atomic E-state index is 12.8. The van der Waals surface area contributed by atoms with Gasteiger partial charge in [-0.05, 0) is 24.8 Å². The molecule has 2 fully saturated rings. The number of imidazole rings is 1. The molecule has 1 aliphatic carbocycles. The molecule has 26 heavy (non-hydrogen) atoms. The van der Waals surface area contributed by atoms with Gasteiger partial charge in [-0.15, -0.1) is 0 Å². The van der Waals surface area contributed by atoms with Crippen LogP contribution in [0.2, 0.25) is 0 Å². The van der Waals surface area contributed by atoms with Crippen LogP contribution in [0.3, 0.4) is 0 Å². The van der Waals surface area contributed by atoms with Gasteiger partial charge in [0.15, 0.2) is 0 Å². The van der Waals surface area contributed by atoms with Crippen LogP contribution in [0.15, 0.2) is 42.9 Å². The molecule has 0 bridgehead atoms. The number of nitrogens with zero attached hydrogens (tertiary/aromatic N) is 4. The molecule has 0 N–H and O–H groups in total. The number of hydrogen-bond acceptors (Lipinski definition) is 3. The van der Waals surface area contributed by atoms with Gasteiger partial charge >= 0.3 is 0 Å².